The molecule has 4 N–H and O–H groups in total. The SMILES string of the molecule is C[C@H]1CC(=O)O[C@@H]1[C@@]1(CO)CC(=O)c2c(ccc(-c3ccc4c(c3O)C(=O)C[C@@](CO)([C@H]3OC(=O)C[C@@H]3C)O4)c2O)O1. The molecule has 0 amide bonds. The Balaban J connectivity index is 1.36. The first-order valence-electron chi connectivity index (χ1n) is 13.7. The summed E-state index contributed by atoms with van der Waals surface area (Å²) in [5.41, 5.74) is -3.33. The van der Waals surface area contributed by atoms with E-state index in [9.17, 15) is 39.6 Å². The number of cyclic esters (lactones) is 2. The van der Waals surface area contributed by atoms with E-state index < -0.39 is 71.6 Å². The van der Waals surface area contributed by atoms with Gasteiger partial charge in [-0.05, 0) is 24.3 Å². The van der Waals surface area contributed by atoms with Gasteiger partial charge in [0.2, 0.25) is 0 Å². The Labute approximate surface area is 239 Å². The Bertz CT molecular complexity index is 1420. The number of phenolic OH excluding ortho intramolecular Hbond substituents is 2. The number of hydrogen-bond acceptors (Lipinski definition) is 12. The summed E-state index contributed by atoms with van der Waals surface area (Å²) in [7, 11) is 0. The van der Waals surface area contributed by atoms with Crippen LogP contribution in [-0.4, -0.2) is 80.6 Å². The molecule has 6 atom stereocenters. The minimum Gasteiger partial charge on any atom is -0.506 e. The quantitative estimate of drug-likeness (QED) is 0.377. The maximum atomic E-state index is 13.4. The van der Waals surface area contributed by atoms with Crippen molar-refractivity contribution < 1.29 is 58.6 Å². The Morgan fingerprint density at radius 2 is 1.07 bits per heavy atom. The highest BCUT2D eigenvalue weighted by atomic mass is 16.6. The molecule has 0 aliphatic carbocycles. The molecule has 4 aliphatic rings. The fraction of sp³-hybridized carbons (Fsp3) is 0.467. The van der Waals surface area contributed by atoms with Crippen LogP contribution < -0.4 is 9.47 Å². The van der Waals surface area contributed by atoms with Crippen molar-refractivity contribution in [3.63, 3.8) is 0 Å². The number of aromatic hydroxyl groups is 2. The molecule has 4 aliphatic heterocycles. The van der Waals surface area contributed by atoms with Gasteiger partial charge in [0.1, 0.15) is 46.3 Å². The summed E-state index contributed by atoms with van der Waals surface area (Å²) in [4.78, 5) is 50.5. The number of carbonyl (C=O) groups is 4. The number of Topliss-reactive ketones (excluding diaryl/α,β-unsaturated/α-hetero) is 2. The summed E-state index contributed by atoms with van der Waals surface area (Å²) < 4.78 is 22.9. The van der Waals surface area contributed by atoms with E-state index in [1.807, 2.05) is 0 Å². The number of esters is 2. The molecule has 222 valence electrons. The zero-order chi connectivity index (χ0) is 30.1. The average molecular weight is 583 g/mol. The number of aliphatic hydroxyl groups excluding tert-OH is 2. The highest BCUT2D eigenvalue weighted by Gasteiger charge is 2.55. The maximum Gasteiger partial charge on any atom is 0.306 e. The highest BCUT2D eigenvalue weighted by Crippen LogP contribution is 2.51. The molecule has 0 spiro atoms. The molecule has 0 unspecified atom stereocenters. The van der Waals surface area contributed by atoms with Gasteiger partial charge in [-0.25, -0.2) is 0 Å². The second-order valence-corrected chi connectivity index (χ2v) is 11.7. The van der Waals surface area contributed by atoms with Gasteiger partial charge in [0.15, 0.2) is 22.8 Å². The van der Waals surface area contributed by atoms with Crippen molar-refractivity contribution in [3.8, 4) is 34.1 Å². The number of fused-ring (bicyclic) bond motifs is 2. The van der Waals surface area contributed by atoms with Crippen LogP contribution in [0, 0.1) is 11.8 Å². The molecular formula is C30H30O12. The molecule has 2 aromatic carbocycles. The Kier molecular flexibility index (Phi) is 6.46. The number of benzene rings is 2. The van der Waals surface area contributed by atoms with Gasteiger partial charge in [0.05, 0.1) is 38.9 Å². The van der Waals surface area contributed by atoms with E-state index >= 15 is 0 Å². The van der Waals surface area contributed by atoms with Crippen molar-refractivity contribution >= 4 is 23.5 Å². The van der Waals surface area contributed by atoms with E-state index in [0.717, 1.165) is 0 Å². The second kappa shape index (κ2) is 9.70. The first-order valence-corrected chi connectivity index (χ1v) is 13.7. The number of rotatable bonds is 5. The summed E-state index contributed by atoms with van der Waals surface area (Å²) in [6.07, 6.45) is -2.24. The Morgan fingerprint density at radius 3 is 1.38 bits per heavy atom. The third kappa shape index (κ3) is 4.03. The Morgan fingerprint density at radius 1 is 0.690 bits per heavy atom. The first-order chi connectivity index (χ1) is 19.9. The van der Waals surface area contributed by atoms with Gasteiger partial charge >= 0.3 is 11.9 Å². The molecule has 4 heterocycles. The number of carbonyl (C=O) groups excluding carboxylic acids is 4. The lowest BCUT2D eigenvalue weighted by molar-refractivity contribution is -0.156. The van der Waals surface area contributed by atoms with Crippen molar-refractivity contribution in [2.75, 3.05) is 13.2 Å². The zero-order valence-corrected chi connectivity index (χ0v) is 22.9. The van der Waals surface area contributed by atoms with Crippen LogP contribution in [0.4, 0.5) is 0 Å². The van der Waals surface area contributed by atoms with E-state index in [-0.39, 0.29) is 71.3 Å². The molecule has 2 aromatic rings. The van der Waals surface area contributed by atoms with Gasteiger partial charge in [-0.15, -0.1) is 0 Å². The largest absolute Gasteiger partial charge is 0.506 e. The van der Waals surface area contributed by atoms with Crippen LogP contribution in [0.15, 0.2) is 24.3 Å². The van der Waals surface area contributed by atoms with E-state index in [2.05, 4.69) is 0 Å². The summed E-state index contributed by atoms with van der Waals surface area (Å²) in [5.74, 6) is -3.74. The molecule has 2 fully saturated rings. The molecule has 2 saturated heterocycles. The van der Waals surface area contributed by atoms with Crippen LogP contribution in [0.2, 0.25) is 0 Å². The standard InChI is InChI=1S/C30H30O12/c1-13-7-21(35)39-27(13)29(11-31)9-17(33)23-19(41-29)5-3-15(25(23)37)16-4-6-20-24(26(16)38)18(34)10-30(12-32,42-20)28-14(2)8-22(36)40-28/h3-6,13-14,27-28,31-32,37-38H,7-12H2,1-2H3/t13-,14-,27-,28-,29-,30+/m0/s1. The van der Waals surface area contributed by atoms with Gasteiger partial charge in [0.25, 0.3) is 0 Å². The number of hydrogen-bond donors (Lipinski definition) is 4. The van der Waals surface area contributed by atoms with Gasteiger partial charge in [-0.3, -0.25) is 19.2 Å². The van der Waals surface area contributed by atoms with Crippen LogP contribution in [-0.2, 0) is 19.1 Å². The fourth-order valence-electron chi connectivity index (χ4n) is 6.80. The number of ether oxygens (including phenoxy) is 4. The van der Waals surface area contributed by atoms with Crippen molar-refractivity contribution in [1.29, 1.82) is 0 Å². The van der Waals surface area contributed by atoms with E-state index in [1.54, 1.807) is 13.8 Å². The topological polar surface area (TPSA) is 186 Å². The van der Waals surface area contributed by atoms with Crippen LogP contribution in [0.5, 0.6) is 23.0 Å². The van der Waals surface area contributed by atoms with Crippen LogP contribution in [0.25, 0.3) is 11.1 Å². The maximum absolute atomic E-state index is 13.4. The highest BCUT2D eigenvalue weighted by molar-refractivity contribution is 6.07. The molecule has 6 rings (SSSR count). The van der Waals surface area contributed by atoms with E-state index in [4.69, 9.17) is 18.9 Å². The lowest BCUT2D eigenvalue weighted by Gasteiger charge is -2.41. The third-order valence-electron chi connectivity index (χ3n) is 8.77. The average Bonchev–Trinajstić information content (AvgIpc) is 3.48. The van der Waals surface area contributed by atoms with Gasteiger partial charge in [0, 0.05) is 23.0 Å². The summed E-state index contributed by atoms with van der Waals surface area (Å²) in [6, 6.07) is 5.59. The minimum atomic E-state index is -1.52. The molecule has 42 heavy (non-hydrogen) atoms. The van der Waals surface area contributed by atoms with E-state index in [0.29, 0.717) is 0 Å². The van der Waals surface area contributed by atoms with Crippen molar-refractivity contribution in [1.82, 2.24) is 0 Å². The normalized spacial score (nSPS) is 32.0. The first kappa shape index (κ1) is 28.0. The van der Waals surface area contributed by atoms with Crippen molar-refractivity contribution in [2.24, 2.45) is 11.8 Å². The van der Waals surface area contributed by atoms with Crippen LogP contribution >= 0.6 is 0 Å². The molecule has 0 saturated carbocycles. The minimum absolute atomic E-state index is 0.0264. The van der Waals surface area contributed by atoms with Crippen molar-refractivity contribution in [3.05, 3.63) is 35.4 Å². The smallest absolute Gasteiger partial charge is 0.306 e. The van der Waals surface area contributed by atoms with Crippen molar-refractivity contribution in [2.45, 2.75) is 62.9 Å². The molecule has 0 aromatic heterocycles. The lowest BCUT2D eigenvalue weighted by Crippen LogP contribution is -2.56. The summed E-state index contributed by atoms with van der Waals surface area (Å²) in [5, 5.41) is 42.9. The summed E-state index contributed by atoms with van der Waals surface area (Å²) >= 11 is 0. The monoisotopic (exact) mass is 582 g/mol. The van der Waals surface area contributed by atoms with Gasteiger partial charge < -0.3 is 39.4 Å². The number of aliphatic hydroxyl groups is 2. The second-order valence-electron chi connectivity index (χ2n) is 11.7. The van der Waals surface area contributed by atoms with Crippen LogP contribution in [0.1, 0.15) is 60.2 Å². The lowest BCUT2D eigenvalue weighted by atomic mass is 9.79. The third-order valence-corrected chi connectivity index (χ3v) is 8.77. The van der Waals surface area contributed by atoms with Gasteiger partial charge in [-0.1, -0.05) is 13.8 Å². The zero-order valence-electron chi connectivity index (χ0n) is 22.9. The van der Waals surface area contributed by atoms with E-state index in [1.165, 1.54) is 24.3 Å². The fourth-order valence-corrected chi connectivity index (χ4v) is 6.80. The number of phenols is 2. The molecule has 0 radical (unpaired) electrons. The number of ketones is 2. The predicted molar refractivity (Wildman–Crippen MR) is 141 cm³/mol. The van der Waals surface area contributed by atoms with Gasteiger partial charge in [-0.2, -0.15) is 0 Å². The Hall–Kier alpha value is -4.16. The molecule has 12 heteroatoms. The van der Waals surface area contributed by atoms with Crippen LogP contribution in [0.3, 0.4) is 0 Å². The summed E-state index contributed by atoms with van der Waals surface area (Å²) in [6.45, 7) is 2.30. The molecular weight excluding hydrogens is 552 g/mol. The molecule has 12 nitrogen and oxygen atoms in total. The predicted octanol–water partition coefficient (Wildman–Crippen LogP) is 2.06. The molecule has 0 bridgehead atoms.